The normalized spacial score (nSPS) is 18.1. The van der Waals surface area contributed by atoms with Crippen molar-refractivity contribution in [3.63, 3.8) is 0 Å². The Morgan fingerprint density at radius 3 is 2.95 bits per heavy atom. The number of carbonyl (C=O) groups is 2. The van der Waals surface area contributed by atoms with Crippen molar-refractivity contribution in [1.29, 1.82) is 0 Å². The Hall–Kier alpha value is -1.40. The fourth-order valence-electron chi connectivity index (χ4n) is 2.34. The number of carbonyl (C=O) groups excluding carboxylic acids is 2. The van der Waals surface area contributed by atoms with Crippen molar-refractivity contribution in [3.8, 4) is 0 Å². The van der Waals surface area contributed by atoms with Crippen molar-refractivity contribution in [3.05, 3.63) is 34.3 Å². The van der Waals surface area contributed by atoms with Crippen LogP contribution in [0.25, 0.3) is 0 Å². The van der Waals surface area contributed by atoms with Crippen LogP contribution >= 0.6 is 15.9 Å². The molecule has 0 saturated carbocycles. The van der Waals surface area contributed by atoms with E-state index in [1.165, 1.54) is 0 Å². The molecule has 1 aliphatic rings. The van der Waals surface area contributed by atoms with E-state index < -0.39 is 0 Å². The van der Waals surface area contributed by atoms with Crippen molar-refractivity contribution >= 4 is 27.7 Å². The Balaban J connectivity index is 1.88. The summed E-state index contributed by atoms with van der Waals surface area (Å²) < 4.78 is 0.816. The van der Waals surface area contributed by atoms with Crippen molar-refractivity contribution in [2.45, 2.75) is 18.9 Å². The lowest BCUT2D eigenvalue weighted by molar-refractivity contribution is -0.131. The number of nitrogens with zero attached hydrogens (tertiary/aromatic N) is 1. The minimum Gasteiger partial charge on any atom is -0.394 e. The number of nitrogens with one attached hydrogen (secondary N) is 1. The van der Waals surface area contributed by atoms with Crippen LogP contribution in [0.2, 0.25) is 0 Å². The number of amides is 2. The van der Waals surface area contributed by atoms with Crippen LogP contribution in [0.3, 0.4) is 0 Å². The van der Waals surface area contributed by atoms with Crippen LogP contribution in [0.15, 0.2) is 28.7 Å². The van der Waals surface area contributed by atoms with Gasteiger partial charge in [-0.3, -0.25) is 9.59 Å². The van der Waals surface area contributed by atoms with Crippen molar-refractivity contribution in [1.82, 2.24) is 10.2 Å². The zero-order valence-corrected chi connectivity index (χ0v) is 12.6. The number of hydrogen-bond acceptors (Lipinski definition) is 3. The molecule has 2 rings (SSSR count). The van der Waals surface area contributed by atoms with Gasteiger partial charge in [0.15, 0.2) is 0 Å². The molecule has 20 heavy (non-hydrogen) atoms. The summed E-state index contributed by atoms with van der Waals surface area (Å²) in [7, 11) is 0. The Labute approximate surface area is 126 Å². The number of aliphatic hydroxyl groups excluding tert-OH is 1. The Kier molecular flexibility index (Phi) is 5.14. The van der Waals surface area contributed by atoms with E-state index in [4.69, 9.17) is 0 Å². The van der Waals surface area contributed by atoms with Crippen LogP contribution in [0.4, 0.5) is 0 Å². The van der Waals surface area contributed by atoms with Crippen LogP contribution in [0.5, 0.6) is 0 Å². The molecule has 1 unspecified atom stereocenters. The van der Waals surface area contributed by atoms with Gasteiger partial charge in [-0.1, -0.05) is 22.0 Å². The molecular formula is C14H17BrN2O3. The van der Waals surface area contributed by atoms with Gasteiger partial charge in [0.1, 0.15) is 0 Å². The van der Waals surface area contributed by atoms with Crippen molar-refractivity contribution < 1.29 is 14.7 Å². The number of likely N-dealkylation sites (tertiary alicyclic amines) is 1. The molecule has 5 nitrogen and oxygen atoms in total. The standard InChI is InChI=1S/C14H17BrN2O3/c15-11-4-1-3-10(7-11)14(20)16-8-13(19)17-6-2-5-12(17)9-18/h1,3-4,7,12,18H,2,5-6,8-9H2,(H,16,20). The van der Waals surface area contributed by atoms with Gasteiger partial charge in [-0.25, -0.2) is 0 Å². The predicted octanol–water partition coefficient (Wildman–Crippen LogP) is 1.16. The summed E-state index contributed by atoms with van der Waals surface area (Å²) in [6, 6.07) is 6.88. The number of rotatable bonds is 4. The summed E-state index contributed by atoms with van der Waals surface area (Å²) in [6.07, 6.45) is 1.72. The highest BCUT2D eigenvalue weighted by atomic mass is 79.9. The Morgan fingerprint density at radius 1 is 1.45 bits per heavy atom. The molecule has 1 atom stereocenters. The van der Waals surface area contributed by atoms with Crippen LogP contribution in [-0.2, 0) is 4.79 Å². The lowest BCUT2D eigenvalue weighted by Crippen LogP contribution is -2.43. The van der Waals surface area contributed by atoms with E-state index in [2.05, 4.69) is 21.2 Å². The zero-order chi connectivity index (χ0) is 14.5. The van der Waals surface area contributed by atoms with Gasteiger partial charge in [-0.05, 0) is 31.0 Å². The second-order valence-electron chi connectivity index (χ2n) is 4.76. The highest BCUT2D eigenvalue weighted by Crippen LogP contribution is 2.16. The minimum atomic E-state index is -0.278. The second-order valence-corrected chi connectivity index (χ2v) is 5.67. The first kappa shape index (κ1) is 15.0. The van der Waals surface area contributed by atoms with Gasteiger partial charge in [0.05, 0.1) is 19.2 Å². The summed E-state index contributed by atoms with van der Waals surface area (Å²) in [4.78, 5) is 25.6. The molecular weight excluding hydrogens is 324 g/mol. The third kappa shape index (κ3) is 3.58. The molecule has 1 heterocycles. The lowest BCUT2D eigenvalue weighted by atomic mass is 10.2. The zero-order valence-electron chi connectivity index (χ0n) is 11.0. The average Bonchev–Trinajstić information content (AvgIpc) is 2.92. The third-order valence-electron chi connectivity index (χ3n) is 3.40. The first-order valence-corrected chi connectivity index (χ1v) is 7.35. The van der Waals surface area contributed by atoms with Crippen LogP contribution in [-0.4, -0.2) is 47.6 Å². The van der Waals surface area contributed by atoms with Gasteiger partial charge in [0.25, 0.3) is 5.91 Å². The maximum Gasteiger partial charge on any atom is 0.251 e. The average molecular weight is 341 g/mol. The fraction of sp³-hybridized carbons (Fsp3) is 0.429. The number of benzene rings is 1. The molecule has 0 spiro atoms. The van der Waals surface area contributed by atoms with E-state index >= 15 is 0 Å². The fourth-order valence-corrected chi connectivity index (χ4v) is 2.74. The van der Waals surface area contributed by atoms with E-state index in [9.17, 15) is 14.7 Å². The van der Waals surface area contributed by atoms with Crippen LogP contribution in [0.1, 0.15) is 23.2 Å². The maximum atomic E-state index is 12.0. The van der Waals surface area contributed by atoms with Crippen molar-refractivity contribution in [2.75, 3.05) is 19.7 Å². The summed E-state index contributed by atoms with van der Waals surface area (Å²) >= 11 is 3.30. The van der Waals surface area contributed by atoms with E-state index in [0.717, 1.165) is 17.3 Å². The van der Waals surface area contributed by atoms with E-state index in [1.54, 1.807) is 23.1 Å². The Bertz CT molecular complexity index is 507. The monoisotopic (exact) mass is 340 g/mol. The smallest absolute Gasteiger partial charge is 0.251 e. The number of aliphatic hydroxyl groups is 1. The molecule has 1 fully saturated rings. The van der Waals surface area contributed by atoms with Gasteiger partial charge in [-0.2, -0.15) is 0 Å². The van der Waals surface area contributed by atoms with Crippen LogP contribution in [0, 0.1) is 0 Å². The highest BCUT2D eigenvalue weighted by Gasteiger charge is 2.27. The molecule has 2 amide bonds. The summed E-state index contributed by atoms with van der Waals surface area (Å²) in [5.74, 6) is -0.427. The van der Waals surface area contributed by atoms with Crippen LogP contribution < -0.4 is 5.32 Å². The molecule has 6 heteroatoms. The van der Waals surface area contributed by atoms with E-state index in [1.807, 2.05) is 6.07 Å². The molecule has 0 aliphatic carbocycles. The maximum absolute atomic E-state index is 12.0. The molecule has 0 radical (unpaired) electrons. The molecule has 1 aliphatic heterocycles. The van der Waals surface area contributed by atoms with E-state index in [-0.39, 0.29) is 31.0 Å². The number of halogens is 1. The summed E-state index contributed by atoms with van der Waals surface area (Å²) in [5, 5.41) is 11.8. The minimum absolute atomic E-state index is 0.0225. The molecule has 108 valence electrons. The van der Waals surface area contributed by atoms with Gasteiger partial charge >= 0.3 is 0 Å². The van der Waals surface area contributed by atoms with Gasteiger partial charge in [0.2, 0.25) is 5.91 Å². The topological polar surface area (TPSA) is 69.6 Å². The van der Waals surface area contributed by atoms with E-state index in [0.29, 0.717) is 12.1 Å². The highest BCUT2D eigenvalue weighted by molar-refractivity contribution is 9.10. The first-order chi connectivity index (χ1) is 9.61. The summed E-state index contributed by atoms with van der Waals surface area (Å²) in [6.45, 7) is 0.587. The van der Waals surface area contributed by atoms with Crippen molar-refractivity contribution in [2.24, 2.45) is 0 Å². The predicted molar refractivity (Wildman–Crippen MR) is 78.3 cm³/mol. The number of hydrogen-bond donors (Lipinski definition) is 2. The lowest BCUT2D eigenvalue weighted by Gasteiger charge is -2.23. The third-order valence-corrected chi connectivity index (χ3v) is 3.89. The molecule has 1 aromatic rings. The molecule has 1 aromatic carbocycles. The van der Waals surface area contributed by atoms with Gasteiger partial charge < -0.3 is 15.3 Å². The molecule has 0 aromatic heterocycles. The second kappa shape index (κ2) is 6.85. The molecule has 0 bridgehead atoms. The van der Waals surface area contributed by atoms with Gasteiger partial charge in [-0.15, -0.1) is 0 Å². The SMILES string of the molecule is O=C(NCC(=O)N1CCCC1CO)c1cccc(Br)c1. The summed E-state index contributed by atoms with van der Waals surface area (Å²) in [5.41, 5.74) is 0.507. The molecule has 1 saturated heterocycles. The van der Waals surface area contributed by atoms with Gasteiger partial charge in [0, 0.05) is 16.6 Å². The Morgan fingerprint density at radius 2 is 2.25 bits per heavy atom. The molecule has 2 N–H and O–H groups in total. The quantitative estimate of drug-likeness (QED) is 0.864. The largest absolute Gasteiger partial charge is 0.394 e. The first-order valence-electron chi connectivity index (χ1n) is 6.56.